The lowest BCUT2D eigenvalue weighted by Gasteiger charge is -2.21. The predicted octanol–water partition coefficient (Wildman–Crippen LogP) is 1.39. The van der Waals surface area contributed by atoms with Gasteiger partial charge in [-0.2, -0.15) is 0 Å². The number of carbonyl (C=O) groups excluding carboxylic acids is 1. The van der Waals surface area contributed by atoms with E-state index in [4.69, 9.17) is 14.7 Å². The highest BCUT2D eigenvalue weighted by atomic mass is 19.1. The van der Waals surface area contributed by atoms with Gasteiger partial charge in [0.05, 0.1) is 31.1 Å². The van der Waals surface area contributed by atoms with Gasteiger partial charge in [-0.25, -0.2) is 9.07 Å². The van der Waals surface area contributed by atoms with Crippen molar-refractivity contribution in [2.75, 3.05) is 18.1 Å². The van der Waals surface area contributed by atoms with Crippen molar-refractivity contribution >= 4 is 17.7 Å². The molecule has 2 aliphatic rings. The minimum absolute atomic E-state index is 0.114. The highest BCUT2D eigenvalue weighted by molar-refractivity contribution is 5.99. The van der Waals surface area contributed by atoms with Crippen molar-refractivity contribution in [1.82, 2.24) is 20.0 Å². The second-order valence-electron chi connectivity index (χ2n) is 7.81. The van der Waals surface area contributed by atoms with Gasteiger partial charge in [-0.15, -0.1) is 5.10 Å². The number of aliphatic hydroxyl groups is 1. The molecule has 3 atom stereocenters. The Morgan fingerprint density at radius 1 is 1.24 bits per heavy atom. The lowest BCUT2D eigenvalue weighted by atomic mass is 10.0. The zero-order chi connectivity index (χ0) is 22.8. The summed E-state index contributed by atoms with van der Waals surface area (Å²) in [6.45, 7) is 0.739. The molecular weight excluding hydrogens is 431 g/mol. The van der Waals surface area contributed by atoms with E-state index in [-0.39, 0.29) is 18.8 Å². The SMILES string of the molecule is O=CC1O[C@@H](Cn2ccnn2)CN1c1ccc(-c2ccc(C3=NOC(CO)C3)nc2)c(F)c1. The van der Waals surface area contributed by atoms with Crippen LogP contribution in [0.1, 0.15) is 12.1 Å². The zero-order valence-corrected chi connectivity index (χ0v) is 17.5. The Bertz CT molecular complexity index is 1150. The second-order valence-corrected chi connectivity index (χ2v) is 7.81. The Labute approximate surface area is 188 Å². The van der Waals surface area contributed by atoms with Crippen molar-refractivity contribution in [2.45, 2.75) is 31.4 Å². The van der Waals surface area contributed by atoms with Gasteiger partial charge in [-0.3, -0.25) is 9.78 Å². The lowest BCUT2D eigenvalue weighted by molar-refractivity contribution is -0.117. The number of aromatic nitrogens is 4. The molecule has 0 bridgehead atoms. The molecule has 2 aliphatic heterocycles. The summed E-state index contributed by atoms with van der Waals surface area (Å²) >= 11 is 0. The molecule has 0 spiro atoms. The van der Waals surface area contributed by atoms with E-state index in [1.807, 2.05) is 0 Å². The third-order valence-corrected chi connectivity index (χ3v) is 5.61. The molecule has 170 valence electrons. The van der Waals surface area contributed by atoms with Gasteiger partial charge < -0.3 is 19.6 Å². The molecule has 4 heterocycles. The van der Waals surface area contributed by atoms with Crippen molar-refractivity contribution in [3.63, 3.8) is 0 Å². The Kier molecular flexibility index (Phi) is 5.80. The van der Waals surface area contributed by atoms with Crippen molar-refractivity contribution < 1.29 is 23.9 Å². The monoisotopic (exact) mass is 452 g/mol. The van der Waals surface area contributed by atoms with Gasteiger partial charge in [0, 0.05) is 42.2 Å². The van der Waals surface area contributed by atoms with Crippen LogP contribution in [0.5, 0.6) is 0 Å². The van der Waals surface area contributed by atoms with Crippen LogP contribution in [0.15, 0.2) is 54.1 Å². The Balaban J connectivity index is 1.31. The van der Waals surface area contributed by atoms with Crippen LogP contribution in [-0.2, 0) is 20.9 Å². The number of pyridine rings is 1. The Morgan fingerprint density at radius 3 is 2.82 bits per heavy atom. The first-order chi connectivity index (χ1) is 16.1. The normalized spacial score (nSPS) is 22.3. The molecule has 1 fully saturated rings. The molecule has 0 saturated carbocycles. The summed E-state index contributed by atoms with van der Waals surface area (Å²) in [7, 11) is 0. The van der Waals surface area contributed by atoms with Gasteiger partial charge in [0.15, 0.2) is 18.6 Å². The fraction of sp³-hybridized carbons (Fsp3) is 0.318. The molecule has 1 N–H and O–H groups in total. The Hall–Kier alpha value is -3.70. The number of aliphatic hydroxyl groups excluding tert-OH is 1. The molecule has 10 nitrogen and oxygen atoms in total. The summed E-state index contributed by atoms with van der Waals surface area (Å²) in [5, 5.41) is 20.8. The van der Waals surface area contributed by atoms with Crippen LogP contribution in [0.2, 0.25) is 0 Å². The highest BCUT2D eigenvalue weighted by Gasteiger charge is 2.33. The van der Waals surface area contributed by atoms with Gasteiger partial charge in [-0.05, 0) is 24.3 Å². The maximum atomic E-state index is 15.0. The number of ether oxygens (including phenoxy) is 1. The van der Waals surface area contributed by atoms with Crippen molar-refractivity contribution in [3.8, 4) is 11.1 Å². The molecule has 11 heteroatoms. The van der Waals surface area contributed by atoms with Crippen molar-refractivity contribution in [1.29, 1.82) is 0 Å². The van der Waals surface area contributed by atoms with Gasteiger partial charge in [0.1, 0.15) is 11.5 Å². The van der Waals surface area contributed by atoms with Crippen LogP contribution in [0.3, 0.4) is 0 Å². The number of oxime groups is 1. The zero-order valence-electron chi connectivity index (χ0n) is 17.5. The van der Waals surface area contributed by atoms with E-state index in [0.29, 0.717) is 54.0 Å². The number of carbonyl (C=O) groups is 1. The molecule has 0 amide bonds. The number of benzene rings is 1. The topological polar surface area (TPSA) is 115 Å². The smallest absolute Gasteiger partial charge is 0.187 e. The minimum Gasteiger partial charge on any atom is -0.392 e. The Morgan fingerprint density at radius 2 is 2.15 bits per heavy atom. The summed E-state index contributed by atoms with van der Waals surface area (Å²) in [6, 6.07) is 8.31. The summed E-state index contributed by atoms with van der Waals surface area (Å²) < 4.78 is 22.5. The standard InChI is InChI=1S/C22H21FN6O4/c23-19-7-15(29-11-17(32-22(29)13-31)10-28-6-5-25-27-28)2-3-18(19)14-1-4-20(24-9-14)21-8-16(12-30)33-26-21/h1-7,9,13,16-17,22,30H,8,10-12H2/t16?,17-,22?/m0/s1. The number of hydrogen-bond donors (Lipinski definition) is 1. The van der Waals surface area contributed by atoms with E-state index < -0.39 is 12.0 Å². The van der Waals surface area contributed by atoms with Crippen LogP contribution in [0.25, 0.3) is 11.1 Å². The largest absolute Gasteiger partial charge is 0.392 e. The summed E-state index contributed by atoms with van der Waals surface area (Å²) in [6.07, 6.45) is 4.59. The van der Waals surface area contributed by atoms with Crippen molar-refractivity contribution in [3.05, 3.63) is 60.4 Å². The van der Waals surface area contributed by atoms with E-state index in [2.05, 4.69) is 20.5 Å². The van der Waals surface area contributed by atoms with Gasteiger partial charge in [-0.1, -0.05) is 16.4 Å². The molecule has 5 rings (SSSR count). The average Bonchev–Trinajstić information content (AvgIpc) is 3.60. The molecule has 2 aromatic heterocycles. The quantitative estimate of drug-likeness (QED) is 0.535. The molecule has 33 heavy (non-hydrogen) atoms. The number of aldehydes is 1. The van der Waals surface area contributed by atoms with Crippen LogP contribution < -0.4 is 4.90 Å². The molecular formula is C22H21FN6O4. The first-order valence-corrected chi connectivity index (χ1v) is 10.5. The minimum atomic E-state index is -0.804. The third-order valence-electron chi connectivity index (χ3n) is 5.61. The third kappa shape index (κ3) is 4.32. The second kappa shape index (κ2) is 9.04. The van der Waals surface area contributed by atoms with E-state index in [0.717, 1.165) is 0 Å². The summed E-state index contributed by atoms with van der Waals surface area (Å²) in [4.78, 5) is 22.8. The summed E-state index contributed by atoms with van der Waals surface area (Å²) in [5.41, 5.74) is 2.80. The predicted molar refractivity (Wildman–Crippen MR) is 115 cm³/mol. The van der Waals surface area contributed by atoms with E-state index in [1.54, 1.807) is 52.4 Å². The van der Waals surface area contributed by atoms with Gasteiger partial charge in [0.25, 0.3) is 0 Å². The average molecular weight is 452 g/mol. The number of hydrogen-bond acceptors (Lipinski definition) is 9. The maximum Gasteiger partial charge on any atom is 0.187 e. The molecule has 1 saturated heterocycles. The summed E-state index contributed by atoms with van der Waals surface area (Å²) in [5.74, 6) is -0.437. The first kappa shape index (κ1) is 21.2. The van der Waals surface area contributed by atoms with Crippen molar-refractivity contribution in [2.24, 2.45) is 5.16 Å². The molecule has 0 aliphatic carbocycles. The van der Waals surface area contributed by atoms with E-state index in [1.165, 1.54) is 6.07 Å². The number of halogens is 1. The molecule has 3 aromatic rings. The van der Waals surface area contributed by atoms with Gasteiger partial charge >= 0.3 is 0 Å². The van der Waals surface area contributed by atoms with Crippen LogP contribution >= 0.6 is 0 Å². The van der Waals surface area contributed by atoms with Crippen LogP contribution in [0.4, 0.5) is 10.1 Å². The molecule has 2 unspecified atom stereocenters. The molecule has 0 radical (unpaired) electrons. The van der Waals surface area contributed by atoms with Crippen LogP contribution in [-0.4, -0.2) is 68.7 Å². The highest BCUT2D eigenvalue weighted by Crippen LogP contribution is 2.30. The number of nitrogens with zero attached hydrogens (tertiary/aromatic N) is 6. The van der Waals surface area contributed by atoms with E-state index >= 15 is 4.39 Å². The fourth-order valence-corrected chi connectivity index (χ4v) is 3.95. The fourth-order valence-electron chi connectivity index (χ4n) is 3.95. The molecule has 1 aromatic carbocycles. The number of anilines is 1. The number of rotatable bonds is 7. The first-order valence-electron chi connectivity index (χ1n) is 10.5. The van der Waals surface area contributed by atoms with E-state index in [9.17, 15) is 4.79 Å². The van der Waals surface area contributed by atoms with Gasteiger partial charge in [0.2, 0.25) is 0 Å². The lowest BCUT2D eigenvalue weighted by Crippen LogP contribution is -2.31. The van der Waals surface area contributed by atoms with Crippen LogP contribution in [0, 0.1) is 5.82 Å². The maximum absolute atomic E-state index is 15.0.